The fraction of sp³-hybridized carbons (Fsp3) is 0.150. The molecule has 124 valence electrons. The minimum Gasteiger partial charge on any atom is -0.487 e. The van der Waals surface area contributed by atoms with E-state index in [1.807, 2.05) is 62.4 Å². The molecular weight excluding hydrogens is 302 g/mol. The predicted molar refractivity (Wildman–Crippen MR) is 95.7 cm³/mol. The molecule has 0 saturated carbocycles. The van der Waals surface area contributed by atoms with E-state index in [9.17, 15) is 4.79 Å². The summed E-state index contributed by atoms with van der Waals surface area (Å²) in [5.41, 5.74) is 0.503. The van der Waals surface area contributed by atoms with E-state index in [2.05, 4.69) is 4.98 Å². The number of para-hydroxylation sites is 2. The van der Waals surface area contributed by atoms with Crippen LogP contribution in [0.15, 0.2) is 77.7 Å². The number of hydrogen-bond acceptors (Lipinski definition) is 3. The Bertz CT molecular complexity index is 783. The Morgan fingerprint density at radius 2 is 1.46 bits per heavy atom. The van der Waals surface area contributed by atoms with Crippen LogP contribution >= 0.6 is 0 Å². The van der Waals surface area contributed by atoms with Crippen LogP contribution in [0.1, 0.15) is 19.5 Å². The molecule has 1 heterocycles. The third-order valence-electron chi connectivity index (χ3n) is 3.05. The molecule has 2 aromatic carbocycles. The largest absolute Gasteiger partial charge is 0.487 e. The highest BCUT2D eigenvalue weighted by molar-refractivity contribution is 5.30. The van der Waals surface area contributed by atoms with Gasteiger partial charge in [-0.3, -0.25) is 4.79 Å². The van der Waals surface area contributed by atoms with Crippen LogP contribution in [0.3, 0.4) is 0 Å². The molecule has 1 N–H and O–H groups in total. The first-order valence-electron chi connectivity index (χ1n) is 7.93. The number of H-pyrrole nitrogens is 1. The zero-order valence-corrected chi connectivity index (χ0v) is 13.9. The smallest absolute Gasteiger partial charge is 0.224 e. The van der Waals surface area contributed by atoms with Gasteiger partial charge in [-0.1, -0.05) is 50.2 Å². The SMILES string of the molecule is CC.O=c1cc(COc2ccccc2)[nH]cc1Oc1ccccc1. The number of pyridine rings is 1. The molecule has 0 spiro atoms. The first-order chi connectivity index (χ1) is 11.8. The van der Waals surface area contributed by atoms with Crippen LogP contribution in [0.4, 0.5) is 0 Å². The van der Waals surface area contributed by atoms with E-state index in [0.717, 1.165) is 5.75 Å². The minimum atomic E-state index is -0.186. The second-order valence-corrected chi connectivity index (χ2v) is 4.70. The molecule has 0 saturated heterocycles. The second-order valence-electron chi connectivity index (χ2n) is 4.70. The van der Waals surface area contributed by atoms with Crippen LogP contribution in [0.2, 0.25) is 0 Å². The molecule has 0 fully saturated rings. The van der Waals surface area contributed by atoms with Crippen molar-refractivity contribution in [2.24, 2.45) is 0 Å². The average molecular weight is 323 g/mol. The van der Waals surface area contributed by atoms with E-state index in [0.29, 0.717) is 18.1 Å². The van der Waals surface area contributed by atoms with Crippen molar-refractivity contribution in [3.05, 3.63) is 88.8 Å². The van der Waals surface area contributed by atoms with Gasteiger partial charge >= 0.3 is 0 Å². The van der Waals surface area contributed by atoms with Crippen molar-refractivity contribution in [3.8, 4) is 17.2 Å². The summed E-state index contributed by atoms with van der Waals surface area (Å²) in [6.45, 7) is 4.30. The van der Waals surface area contributed by atoms with Crippen molar-refractivity contribution in [3.63, 3.8) is 0 Å². The van der Waals surface area contributed by atoms with Gasteiger partial charge in [0.25, 0.3) is 0 Å². The maximum absolute atomic E-state index is 12.1. The lowest BCUT2D eigenvalue weighted by atomic mass is 10.3. The summed E-state index contributed by atoms with van der Waals surface area (Å²) >= 11 is 0. The second kappa shape index (κ2) is 9.20. The van der Waals surface area contributed by atoms with Gasteiger partial charge in [-0.2, -0.15) is 0 Å². The van der Waals surface area contributed by atoms with E-state index in [-0.39, 0.29) is 11.2 Å². The number of nitrogens with one attached hydrogen (secondary N) is 1. The summed E-state index contributed by atoms with van der Waals surface area (Å²) in [6, 6.07) is 20.1. The van der Waals surface area contributed by atoms with Crippen molar-refractivity contribution in [1.29, 1.82) is 0 Å². The maximum Gasteiger partial charge on any atom is 0.224 e. The highest BCUT2D eigenvalue weighted by Gasteiger charge is 2.04. The molecule has 0 aliphatic carbocycles. The fourth-order valence-corrected chi connectivity index (χ4v) is 1.96. The van der Waals surface area contributed by atoms with Crippen LogP contribution < -0.4 is 14.9 Å². The fourth-order valence-electron chi connectivity index (χ4n) is 1.96. The Kier molecular flexibility index (Phi) is 6.65. The summed E-state index contributed by atoms with van der Waals surface area (Å²) in [5.74, 6) is 1.64. The molecule has 4 nitrogen and oxygen atoms in total. The van der Waals surface area contributed by atoms with Crippen molar-refractivity contribution in [1.82, 2.24) is 4.98 Å². The summed E-state index contributed by atoms with van der Waals surface area (Å²) in [5, 5.41) is 0. The molecule has 0 atom stereocenters. The molecule has 0 aliphatic rings. The molecule has 0 unspecified atom stereocenters. The van der Waals surface area contributed by atoms with Crippen LogP contribution in [-0.4, -0.2) is 4.98 Å². The lowest BCUT2D eigenvalue weighted by Gasteiger charge is -2.08. The van der Waals surface area contributed by atoms with E-state index in [1.165, 1.54) is 6.07 Å². The van der Waals surface area contributed by atoms with Crippen LogP contribution in [0.5, 0.6) is 17.2 Å². The number of hydrogen-bond donors (Lipinski definition) is 1. The first-order valence-corrected chi connectivity index (χ1v) is 7.93. The number of rotatable bonds is 5. The van der Waals surface area contributed by atoms with Gasteiger partial charge in [0.15, 0.2) is 5.75 Å². The van der Waals surface area contributed by atoms with Crippen molar-refractivity contribution in [2.75, 3.05) is 0 Å². The van der Waals surface area contributed by atoms with E-state index in [1.54, 1.807) is 18.3 Å². The topological polar surface area (TPSA) is 51.3 Å². The molecule has 0 aliphatic heterocycles. The Morgan fingerprint density at radius 3 is 2.04 bits per heavy atom. The molecule has 3 rings (SSSR count). The van der Waals surface area contributed by atoms with Gasteiger partial charge in [0, 0.05) is 12.3 Å². The quantitative estimate of drug-likeness (QED) is 0.735. The van der Waals surface area contributed by atoms with Gasteiger partial charge in [0.05, 0.1) is 5.69 Å². The van der Waals surface area contributed by atoms with Crippen LogP contribution in [0.25, 0.3) is 0 Å². The molecule has 24 heavy (non-hydrogen) atoms. The van der Waals surface area contributed by atoms with Gasteiger partial charge < -0.3 is 14.5 Å². The Morgan fingerprint density at radius 1 is 0.875 bits per heavy atom. The molecule has 1 aromatic heterocycles. The zero-order chi connectivity index (χ0) is 17.2. The zero-order valence-electron chi connectivity index (χ0n) is 13.9. The summed E-state index contributed by atoms with van der Waals surface area (Å²) in [7, 11) is 0. The molecule has 0 radical (unpaired) electrons. The van der Waals surface area contributed by atoms with Crippen molar-refractivity contribution >= 4 is 0 Å². The normalized spacial score (nSPS) is 9.58. The number of benzene rings is 2. The number of ether oxygens (including phenoxy) is 2. The summed E-state index contributed by atoms with van der Waals surface area (Å²) < 4.78 is 11.1. The lowest BCUT2D eigenvalue weighted by molar-refractivity contribution is 0.301. The Hall–Kier alpha value is -3.01. The molecule has 3 aromatic rings. The Balaban J connectivity index is 0.00000100. The highest BCUT2D eigenvalue weighted by atomic mass is 16.5. The average Bonchev–Trinajstić information content (AvgIpc) is 2.65. The summed E-state index contributed by atoms with van der Waals surface area (Å²) in [6.07, 6.45) is 1.55. The third kappa shape index (κ3) is 5.02. The lowest BCUT2D eigenvalue weighted by Crippen LogP contribution is -2.08. The van der Waals surface area contributed by atoms with Gasteiger partial charge in [-0.05, 0) is 24.3 Å². The van der Waals surface area contributed by atoms with E-state index in [4.69, 9.17) is 9.47 Å². The number of aromatic amines is 1. The maximum atomic E-state index is 12.1. The van der Waals surface area contributed by atoms with Crippen molar-refractivity contribution in [2.45, 2.75) is 20.5 Å². The van der Waals surface area contributed by atoms with Gasteiger partial charge in [0.1, 0.15) is 18.1 Å². The molecular formula is C20H21NO3. The van der Waals surface area contributed by atoms with Crippen LogP contribution in [-0.2, 0) is 6.61 Å². The van der Waals surface area contributed by atoms with Gasteiger partial charge in [-0.25, -0.2) is 0 Å². The minimum absolute atomic E-state index is 0.186. The van der Waals surface area contributed by atoms with E-state index < -0.39 is 0 Å². The number of aromatic nitrogens is 1. The van der Waals surface area contributed by atoms with E-state index >= 15 is 0 Å². The molecule has 0 amide bonds. The molecule has 0 bridgehead atoms. The van der Waals surface area contributed by atoms with Crippen molar-refractivity contribution < 1.29 is 9.47 Å². The highest BCUT2D eigenvalue weighted by Crippen LogP contribution is 2.17. The Labute approximate surface area is 141 Å². The third-order valence-corrected chi connectivity index (χ3v) is 3.05. The summed E-state index contributed by atoms with van der Waals surface area (Å²) in [4.78, 5) is 15.1. The van der Waals surface area contributed by atoms with Gasteiger partial charge in [-0.15, -0.1) is 0 Å². The standard InChI is InChI=1S/C18H15NO3.C2H6/c20-17-11-14(13-21-15-7-3-1-4-8-15)19-12-18(17)22-16-9-5-2-6-10-16;1-2/h1-12H,13H2,(H,19,20);1-2H3. The van der Waals surface area contributed by atoms with Gasteiger partial charge in [0.2, 0.25) is 5.43 Å². The molecule has 4 heteroatoms. The predicted octanol–water partition coefficient (Wildman–Crippen LogP) is 4.77. The van der Waals surface area contributed by atoms with Crippen LogP contribution in [0, 0.1) is 0 Å². The monoisotopic (exact) mass is 323 g/mol. The first kappa shape index (κ1) is 17.3.